The van der Waals surface area contributed by atoms with Crippen LogP contribution < -0.4 is 0 Å². The van der Waals surface area contributed by atoms with Crippen molar-refractivity contribution >= 4 is 17.1 Å². The highest BCUT2D eigenvalue weighted by atomic mass is 19.1. The standard InChI is InChI=1S/C22H17FN2O2/c1-12-4-6-17-18(8-12)22(24-20-7-5-15(23)9-13(20)2)19-11-16(25(26)27)10-14(3)21(17)19/h4-11H,1-3H3. The Bertz CT molecular complexity index is 1150. The van der Waals surface area contributed by atoms with Gasteiger partial charge in [0.1, 0.15) is 5.82 Å². The Morgan fingerprint density at radius 3 is 2.37 bits per heavy atom. The number of hydrogen-bond acceptors (Lipinski definition) is 3. The van der Waals surface area contributed by atoms with E-state index in [1.165, 1.54) is 12.1 Å². The minimum Gasteiger partial charge on any atom is -0.258 e. The molecule has 3 aromatic rings. The van der Waals surface area contributed by atoms with E-state index in [9.17, 15) is 14.5 Å². The second-order valence-corrected chi connectivity index (χ2v) is 6.88. The largest absolute Gasteiger partial charge is 0.270 e. The van der Waals surface area contributed by atoms with Crippen LogP contribution in [0.3, 0.4) is 0 Å². The summed E-state index contributed by atoms with van der Waals surface area (Å²) in [5, 5.41) is 11.4. The van der Waals surface area contributed by atoms with E-state index in [2.05, 4.69) is 0 Å². The zero-order chi connectivity index (χ0) is 19.3. The molecule has 134 valence electrons. The highest BCUT2D eigenvalue weighted by molar-refractivity contribution is 6.26. The lowest BCUT2D eigenvalue weighted by atomic mass is 9.99. The maximum atomic E-state index is 13.5. The Hall–Kier alpha value is -3.34. The Morgan fingerprint density at radius 2 is 1.67 bits per heavy atom. The molecule has 4 nitrogen and oxygen atoms in total. The van der Waals surface area contributed by atoms with Gasteiger partial charge in [0.05, 0.1) is 16.3 Å². The highest BCUT2D eigenvalue weighted by Crippen LogP contribution is 2.42. The lowest BCUT2D eigenvalue weighted by Gasteiger charge is -2.06. The van der Waals surface area contributed by atoms with Gasteiger partial charge in [0, 0.05) is 23.3 Å². The van der Waals surface area contributed by atoms with E-state index in [1.807, 2.05) is 32.0 Å². The molecule has 1 aliphatic carbocycles. The topological polar surface area (TPSA) is 55.5 Å². The molecule has 0 unspecified atom stereocenters. The van der Waals surface area contributed by atoms with E-state index in [0.717, 1.165) is 33.4 Å². The molecule has 1 aliphatic rings. The summed E-state index contributed by atoms with van der Waals surface area (Å²) in [7, 11) is 0. The van der Waals surface area contributed by atoms with Gasteiger partial charge >= 0.3 is 0 Å². The summed E-state index contributed by atoms with van der Waals surface area (Å²) < 4.78 is 13.5. The minimum absolute atomic E-state index is 0.0410. The van der Waals surface area contributed by atoms with Crippen molar-refractivity contribution in [1.29, 1.82) is 0 Å². The Balaban J connectivity index is 2.04. The summed E-state index contributed by atoms with van der Waals surface area (Å²) in [6, 6.07) is 13.7. The second-order valence-electron chi connectivity index (χ2n) is 6.88. The normalized spacial score (nSPS) is 13.6. The van der Waals surface area contributed by atoms with Gasteiger partial charge in [-0.05, 0) is 67.3 Å². The number of fused-ring (bicyclic) bond motifs is 3. The minimum atomic E-state index is -0.387. The van der Waals surface area contributed by atoms with E-state index in [4.69, 9.17) is 4.99 Å². The number of nitro benzene ring substituents is 1. The van der Waals surface area contributed by atoms with Crippen LogP contribution >= 0.6 is 0 Å². The van der Waals surface area contributed by atoms with Crippen molar-refractivity contribution in [3.05, 3.63) is 92.3 Å². The number of non-ortho nitro benzene ring substituents is 1. The maximum absolute atomic E-state index is 13.5. The average molecular weight is 360 g/mol. The fraction of sp³-hybridized carbons (Fsp3) is 0.136. The summed E-state index contributed by atoms with van der Waals surface area (Å²) >= 11 is 0. The summed E-state index contributed by atoms with van der Waals surface area (Å²) in [6.45, 7) is 5.68. The van der Waals surface area contributed by atoms with Crippen molar-refractivity contribution in [1.82, 2.24) is 0 Å². The predicted molar refractivity (Wildman–Crippen MR) is 104 cm³/mol. The molecule has 0 radical (unpaired) electrons. The molecule has 3 aromatic carbocycles. The molecule has 27 heavy (non-hydrogen) atoms. The van der Waals surface area contributed by atoms with Crippen molar-refractivity contribution in [3.8, 4) is 11.1 Å². The zero-order valence-corrected chi connectivity index (χ0v) is 15.2. The van der Waals surface area contributed by atoms with Crippen LogP contribution in [0.1, 0.15) is 27.8 Å². The molecule has 0 bridgehead atoms. The molecule has 0 saturated heterocycles. The van der Waals surface area contributed by atoms with Gasteiger partial charge in [-0.3, -0.25) is 10.1 Å². The van der Waals surface area contributed by atoms with Crippen molar-refractivity contribution in [3.63, 3.8) is 0 Å². The highest BCUT2D eigenvalue weighted by Gasteiger charge is 2.29. The van der Waals surface area contributed by atoms with Crippen LogP contribution in [0.5, 0.6) is 0 Å². The predicted octanol–water partition coefficient (Wildman–Crippen LogP) is 5.81. The number of benzene rings is 3. The molecular formula is C22H17FN2O2. The molecule has 0 aromatic heterocycles. The maximum Gasteiger partial charge on any atom is 0.270 e. The van der Waals surface area contributed by atoms with Crippen LogP contribution in [-0.2, 0) is 0 Å². The van der Waals surface area contributed by atoms with Gasteiger partial charge in [0.15, 0.2) is 0 Å². The molecule has 0 fully saturated rings. The van der Waals surface area contributed by atoms with Gasteiger partial charge in [-0.25, -0.2) is 9.38 Å². The van der Waals surface area contributed by atoms with Crippen molar-refractivity contribution < 1.29 is 9.31 Å². The van der Waals surface area contributed by atoms with Gasteiger partial charge in [0.2, 0.25) is 0 Å². The van der Waals surface area contributed by atoms with Crippen LogP contribution in [0.2, 0.25) is 0 Å². The van der Waals surface area contributed by atoms with Crippen LogP contribution in [0.15, 0.2) is 53.5 Å². The van der Waals surface area contributed by atoms with Gasteiger partial charge in [-0.2, -0.15) is 0 Å². The van der Waals surface area contributed by atoms with Crippen LogP contribution in [-0.4, -0.2) is 10.6 Å². The average Bonchev–Trinajstić information content (AvgIpc) is 2.90. The summed E-state index contributed by atoms with van der Waals surface area (Å²) in [4.78, 5) is 15.8. The molecular weight excluding hydrogens is 343 g/mol. The van der Waals surface area contributed by atoms with Gasteiger partial charge in [-0.15, -0.1) is 0 Å². The molecule has 4 rings (SSSR count). The fourth-order valence-electron chi connectivity index (χ4n) is 3.62. The van der Waals surface area contributed by atoms with Crippen molar-refractivity contribution in [2.75, 3.05) is 0 Å². The van der Waals surface area contributed by atoms with Gasteiger partial charge in [0.25, 0.3) is 5.69 Å². The lowest BCUT2D eigenvalue weighted by molar-refractivity contribution is -0.384. The number of aliphatic imine (C=N–C) groups is 1. The molecule has 5 heteroatoms. The molecule has 0 heterocycles. The summed E-state index contributed by atoms with van der Waals surface area (Å²) in [5.74, 6) is -0.314. The Morgan fingerprint density at radius 1 is 0.889 bits per heavy atom. The first-order valence-electron chi connectivity index (χ1n) is 8.61. The van der Waals surface area contributed by atoms with E-state index < -0.39 is 0 Å². The van der Waals surface area contributed by atoms with Crippen LogP contribution in [0, 0.1) is 36.7 Å². The zero-order valence-electron chi connectivity index (χ0n) is 15.2. The smallest absolute Gasteiger partial charge is 0.258 e. The number of rotatable bonds is 2. The SMILES string of the molecule is Cc1ccc2c(c1)C(=Nc1ccc(F)cc1C)c1cc([N+](=O)[O-])cc(C)c1-2. The fourth-order valence-corrected chi connectivity index (χ4v) is 3.62. The third kappa shape index (κ3) is 2.81. The molecule has 0 saturated carbocycles. The van der Waals surface area contributed by atoms with Gasteiger partial charge < -0.3 is 0 Å². The number of aryl methyl sites for hydroxylation is 3. The first kappa shape index (κ1) is 17.1. The lowest BCUT2D eigenvalue weighted by Crippen LogP contribution is -2.00. The molecule has 0 N–H and O–H groups in total. The first-order valence-corrected chi connectivity index (χ1v) is 8.61. The molecule has 0 amide bonds. The first-order chi connectivity index (χ1) is 12.8. The number of hydrogen-bond donors (Lipinski definition) is 0. The molecule has 0 aliphatic heterocycles. The van der Waals surface area contributed by atoms with Gasteiger partial charge in [-0.1, -0.05) is 17.7 Å². The molecule has 0 spiro atoms. The number of nitrogens with zero attached hydrogens (tertiary/aromatic N) is 2. The van der Waals surface area contributed by atoms with Crippen molar-refractivity contribution in [2.24, 2.45) is 4.99 Å². The Labute approximate surface area is 156 Å². The van der Waals surface area contributed by atoms with E-state index >= 15 is 0 Å². The van der Waals surface area contributed by atoms with Crippen LogP contribution in [0.25, 0.3) is 11.1 Å². The van der Waals surface area contributed by atoms with Crippen molar-refractivity contribution in [2.45, 2.75) is 20.8 Å². The summed E-state index contributed by atoms with van der Waals surface area (Å²) in [6.07, 6.45) is 0. The van der Waals surface area contributed by atoms with E-state index in [0.29, 0.717) is 17.0 Å². The molecule has 0 atom stereocenters. The van der Waals surface area contributed by atoms with Crippen LogP contribution in [0.4, 0.5) is 15.8 Å². The summed E-state index contributed by atoms with van der Waals surface area (Å²) in [5.41, 5.74) is 7.68. The number of nitro groups is 1. The number of halogens is 1. The third-order valence-corrected chi connectivity index (χ3v) is 4.88. The quantitative estimate of drug-likeness (QED) is 0.335. The third-order valence-electron chi connectivity index (χ3n) is 4.88. The van der Waals surface area contributed by atoms with E-state index in [1.54, 1.807) is 25.1 Å². The Kier molecular flexibility index (Phi) is 3.88. The second kappa shape index (κ2) is 6.13. The van der Waals surface area contributed by atoms with E-state index in [-0.39, 0.29) is 16.4 Å². The monoisotopic (exact) mass is 360 g/mol.